The minimum absolute atomic E-state index is 0.00861. The fourth-order valence-corrected chi connectivity index (χ4v) is 2.19. The zero-order valence-corrected chi connectivity index (χ0v) is 15.4. The highest BCUT2D eigenvalue weighted by Crippen LogP contribution is 2.10. The molecule has 3 atom stereocenters. The Morgan fingerprint density at radius 3 is 1.92 bits per heavy atom. The maximum absolute atomic E-state index is 12.4. The molecule has 0 radical (unpaired) electrons. The smallest absolute Gasteiger partial charge is 0.326 e. The number of carbonyl (C=O) groups excluding carboxylic acids is 3. The number of nitrogens with two attached hydrogens (primary N) is 1. The quantitative estimate of drug-likeness (QED) is 0.399. The van der Waals surface area contributed by atoms with Gasteiger partial charge in [0.25, 0.3) is 0 Å². The molecule has 10 nitrogen and oxygen atoms in total. The van der Waals surface area contributed by atoms with Crippen molar-refractivity contribution in [2.24, 2.45) is 11.7 Å². The number of hydrogen-bond acceptors (Lipinski definition) is 6. The Hall–Kier alpha value is -2.49. The molecule has 0 bridgehead atoms. The van der Waals surface area contributed by atoms with Crippen LogP contribution in [0.25, 0.3) is 0 Å². The van der Waals surface area contributed by atoms with Gasteiger partial charge in [-0.2, -0.15) is 0 Å². The Bertz CT molecular complexity index is 560. The number of carbonyl (C=O) groups is 5. The van der Waals surface area contributed by atoms with Gasteiger partial charge in [-0.25, -0.2) is 4.79 Å². The Labute approximate surface area is 151 Å². The zero-order chi connectivity index (χ0) is 20.6. The van der Waals surface area contributed by atoms with E-state index in [0.29, 0.717) is 4.90 Å². The molecular formula is C16H27N3O7. The van der Waals surface area contributed by atoms with Crippen LogP contribution >= 0.6 is 0 Å². The Kier molecular flexibility index (Phi) is 9.49. The van der Waals surface area contributed by atoms with Crippen LogP contribution in [-0.4, -0.2) is 62.9 Å². The highest BCUT2D eigenvalue weighted by atomic mass is 16.4. The number of aliphatic carboxylic acids is 2. The van der Waals surface area contributed by atoms with Crippen LogP contribution in [0.1, 0.15) is 47.0 Å². The van der Waals surface area contributed by atoms with E-state index < -0.39 is 60.6 Å². The maximum Gasteiger partial charge on any atom is 0.326 e. The molecule has 0 spiro atoms. The third-order valence-corrected chi connectivity index (χ3v) is 3.54. The summed E-state index contributed by atoms with van der Waals surface area (Å²) in [4.78, 5) is 59.3. The van der Waals surface area contributed by atoms with E-state index in [1.807, 2.05) is 0 Å². The standard InChI is InChI=1S/C16H27N3O7/c1-8(2)7-11(16(25)26)18-14(23)10(4)19(15(24)9(3)17)12(20)5-6-13(21)22/h8-11H,5-7,17H2,1-4H3,(H,18,23)(H,21,22)(H,25,26)/t9-,10-,11-/m0/s1. The molecule has 0 aliphatic rings. The second-order valence-corrected chi connectivity index (χ2v) is 6.49. The minimum atomic E-state index is -1.33. The van der Waals surface area contributed by atoms with E-state index in [-0.39, 0.29) is 12.3 Å². The Morgan fingerprint density at radius 1 is 1.00 bits per heavy atom. The second-order valence-electron chi connectivity index (χ2n) is 6.49. The van der Waals surface area contributed by atoms with Gasteiger partial charge in [-0.1, -0.05) is 13.8 Å². The van der Waals surface area contributed by atoms with Crippen LogP contribution in [-0.2, 0) is 24.0 Å². The number of amides is 3. The first-order chi connectivity index (χ1) is 11.9. The number of hydrogen-bond donors (Lipinski definition) is 4. The van der Waals surface area contributed by atoms with Gasteiger partial charge in [-0.3, -0.25) is 24.1 Å². The summed E-state index contributed by atoms with van der Waals surface area (Å²) >= 11 is 0. The van der Waals surface area contributed by atoms with E-state index in [1.165, 1.54) is 13.8 Å². The molecule has 148 valence electrons. The van der Waals surface area contributed by atoms with Crippen LogP contribution in [0.5, 0.6) is 0 Å². The molecule has 0 aromatic rings. The molecule has 0 fully saturated rings. The molecular weight excluding hydrogens is 346 g/mol. The number of imide groups is 1. The SMILES string of the molecule is CC(C)C[C@H](NC(=O)[C@H](C)N(C(=O)CCC(=O)O)C(=O)[C@H](C)N)C(=O)O. The average Bonchev–Trinajstić information content (AvgIpc) is 2.51. The maximum atomic E-state index is 12.4. The van der Waals surface area contributed by atoms with Gasteiger partial charge in [0.15, 0.2) is 0 Å². The summed E-state index contributed by atoms with van der Waals surface area (Å²) in [5, 5.41) is 20.2. The lowest BCUT2D eigenvalue weighted by molar-refractivity contribution is -0.154. The molecule has 5 N–H and O–H groups in total. The lowest BCUT2D eigenvalue weighted by Crippen LogP contribution is -2.56. The van der Waals surface area contributed by atoms with E-state index >= 15 is 0 Å². The largest absolute Gasteiger partial charge is 0.481 e. The van der Waals surface area contributed by atoms with Crippen molar-refractivity contribution in [2.45, 2.75) is 65.1 Å². The number of nitrogens with one attached hydrogen (secondary N) is 1. The highest BCUT2D eigenvalue weighted by Gasteiger charge is 2.34. The first-order valence-electron chi connectivity index (χ1n) is 8.24. The molecule has 0 aromatic carbocycles. The van der Waals surface area contributed by atoms with Gasteiger partial charge >= 0.3 is 11.9 Å². The monoisotopic (exact) mass is 373 g/mol. The molecule has 0 saturated heterocycles. The van der Waals surface area contributed by atoms with Gasteiger partial charge in [-0.05, 0) is 26.2 Å². The predicted molar refractivity (Wildman–Crippen MR) is 90.9 cm³/mol. The number of carboxylic acid groups (broad SMARTS) is 2. The van der Waals surface area contributed by atoms with Crippen LogP contribution in [0, 0.1) is 5.92 Å². The second kappa shape index (κ2) is 10.5. The summed E-state index contributed by atoms with van der Waals surface area (Å²) in [5.74, 6) is -5.03. The molecule has 0 saturated carbocycles. The third kappa shape index (κ3) is 7.60. The van der Waals surface area contributed by atoms with E-state index in [0.717, 1.165) is 0 Å². The summed E-state index contributed by atoms with van der Waals surface area (Å²) < 4.78 is 0. The Balaban J connectivity index is 5.36. The van der Waals surface area contributed by atoms with Gasteiger partial charge in [0.2, 0.25) is 17.7 Å². The zero-order valence-electron chi connectivity index (χ0n) is 15.4. The normalized spacial score (nSPS) is 14.2. The van der Waals surface area contributed by atoms with Gasteiger partial charge in [0.1, 0.15) is 12.1 Å². The number of nitrogens with zero attached hydrogens (tertiary/aromatic N) is 1. The lowest BCUT2D eigenvalue weighted by atomic mass is 10.0. The van der Waals surface area contributed by atoms with Crippen molar-refractivity contribution in [3.05, 3.63) is 0 Å². The molecule has 0 rings (SSSR count). The summed E-state index contributed by atoms with van der Waals surface area (Å²) in [7, 11) is 0. The summed E-state index contributed by atoms with van der Waals surface area (Å²) in [6.45, 7) is 6.14. The number of rotatable bonds is 10. The van der Waals surface area contributed by atoms with Crippen LogP contribution in [0.15, 0.2) is 0 Å². The first-order valence-corrected chi connectivity index (χ1v) is 8.24. The van der Waals surface area contributed by atoms with Crippen LogP contribution < -0.4 is 11.1 Å². The summed E-state index contributed by atoms with van der Waals surface area (Å²) in [6, 6.07) is -3.60. The molecule has 26 heavy (non-hydrogen) atoms. The van der Waals surface area contributed by atoms with E-state index in [2.05, 4.69) is 5.32 Å². The van der Waals surface area contributed by atoms with Gasteiger partial charge < -0.3 is 21.3 Å². The van der Waals surface area contributed by atoms with Crippen LogP contribution in [0.2, 0.25) is 0 Å². The topological polar surface area (TPSA) is 167 Å². The van der Waals surface area contributed by atoms with E-state index in [4.69, 9.17) is 10.8 Å². The van der Waals surface area contributed by atoms with Crippen molar-refractivity contribution in [3.63, 3.8) is 0 Å². The van der Waals surface area contributed by atoms with E-state index in [1.54, 1.807) is 13.8 Å². The molecule has 3 amide bonds. The van der Waals surface area contributed by atoms with Gasteiger partial charge in [-0.15, -0.1) is 0 Å². The van der Waals surface area contributed by atoms with Crippen LogP contribution in [0.4, 0.5) is 0 Å². The molecule has 0 unspecified atom stereocenters. The van der Waals surface area contributed by atoms with Crippen molar-refractivity contribution in [2.75, 3.05) is 0 Å². The lowest BCUT2D eigenvalue weighted by Gasteiger charge is -2.29. The van der Waals surface area contributed by atoms with Crippen molar-refractivity contribution < 1.29 is 34.2 Å². The molecule has 0 aliphatic heterocycles. The predicted octanol–water partition coefficient (Wildman–Crippen LogP) is -0.442. The average molecular weight is 373 g/mol. The summed E-state index contributed by atoms with van der Waals surface area (Å²) in [5.41, 5.74) is 5.50. The van der Waals surface area contributed by atoms with Crippen molar-refractivity contribution in [1.29, 1.82) is 0 Å². The Morgan fingerprint density at radius 2 is 1.54 bits per heavy atom. The first kappa shape index (κ1) is 23.5. The van der Waals surface area contributed by atoms with Crippen molar-refractivity contribution in [3.8, 4) is 0 Å². The third-order valence-electron chi connectivity index (χ3n) is 3.54. The van der Waals surface area contributed by atoms with Crippen molar-refractivity contribution >= 4 is 29.7 Å². The highest BCUT2D eigenvalue weighted by molar-refractivity contribution is 6.02. The summed E-state index contributed by atoms with van der Waals surface area (Å²) in [6.07, 6.45) is -0.831. The van der Waals surface area contributed by atoms with Gasteiger partial charge in [0.05, 0.1) is 12.5 Å². The molecule has 0 aromatic heterocycles. The fourth-order valence-electron chi connectivity index (χ4n) is 2.19. The fraction of sp³-hybridized carbons (Fsp3) is 0.688. The molecule has 0 aliphatic carbocycles. The molecule has 0 heterocycles. The molecule has 10 heteroatoms. The van der Waals surface area contributed by atoms with Gasteiger partial charge in [0, 0.05) is 6.42 Å². The van der Waals surface area contributed by atoms with E-state index in [9.17, 15) is 29.1 Å². The number of carboxylic acids is 2. The van der Waals surface area contributed by atoms with Crippen LogP contribution in [0.3, 0.4) is 0 Å². The van der Waals surface area contributed by atoms with Crippen molar-refractivity contribution in [1.82, 2.24) is 10.2 Å². The minimum Gasteiger partial charge on any atom is -0.481 e.